The van der Waals surface area contributed by atoms with Gasteiger partial charge in [0.2, 0.25) is 0 Å². The molecule has 1 aromatic heterocycles. The van der Waals surface area contributed by atoms with E-state index >= 15 is 0 Å². The maximum absolute atomic E-state index is 4.51. The van der Waals surface area contributed by atoms with E-state index < -0.39 is 0 Å². The van der Waals surface area contributed by atoms with Gasteiger partial charge in [-0.2, -0.15) is 0 Å². The fourth-order valence-electron chi connectivity index (χ4n) is 2.87. The van der Waals surface area contributed by atoms with Crippen molar-refractivity contribution < 1.29 is 0 Å². The molecule has 0 amide bonds. The highest BCUT2D eigenvalue weighted by atomic mass is 32.1. The second kappa shape index (κ2) is 7.16. The van der Waals surface area contributed by atoms with Crippen LogP contribution in [-0.2, 0) is 13.0 Å². The summed E-state index contributed by atoms with van der Waals surface area (Å²) in [6, 6.07) is 11.4. The van der Waals surface area contributed by atoms with Crippen LogP contribution in [0.1, 0.15) is 22.7 Å². The van der Waals surface area contributed by atoms with Crippen LogP contribution < -0.4 is 5.32 Å². The summed E-state index contributed by atoms with van der Waals surface area (Å²) >= 11 is 1.73. The Morgan fingerprint density at radius 1 is 1.33 bits per heavy atom. The number of hydrogen-bond acceptors (Lipinski definition) is 4. The average Bonchev–Trinajstić information content (AvgIpc) is 3.13. The third kappa shape index (κ3) is 4.37. The molecular weight excluding hydrogens is 278 g/mol. The molecule has 1 atom stereocenters. The zero-order valence-electron chi connectivity index (χ0n) is 12.6. The summed E-state index contributed by atoms with van der Waals surface area (Å²) in [6.07, 6.45) is 2.40. The van der Waals surface area contributed by atoms with Crippen LogP contribution in [0.15, 0.2) is 35.7 Å². The van der Waals surface area contributed by atoms with Gasteiger partial charge >= 0.3 is 0 Å². The molecule has 1 aliphatic heterocycles. The van der Waals surface area contributed by atoms with Gasteiger partial charge in [0.15, 0.2) is 0 Å². The molecule has 21 heavy (non-hydrogen) atoms. The fraction of sp³-hybridized carbons (Fsp3) is 0.471. The van der Waals surface area contributed by atoms with Gasteiger partial charge in [0.05, 0.1) is 10.7 Å². The molecule has 3 nitrogen and oxygen atoms in total. The summed E-state index contributed by atoms with van der Waals surface area (Å²) < 4.78 is 0. The first-order chi connectivity index (χ1) is 10.3. The van der Waals surface area contributed by atoms with Crippen LogP contribution in [0, 0.1) is 6.92 Å². The normalized spacial score (nSPS) is 19.2. The molecule has 0 radical (unpaired) electrons. The van der Waals surface area contributed by atoms with Gasteiger partial charge in [0, 0.05) is 31.1 Å². The lowest BCUT2D eigenvalue weighted by Gasteiger charge is -2.16. The quantitative estimate of drug-likeness (QED) is 0.889. The molecule has 4 heteroatoms. The Hall–Kier alpha value is -1.23. The molecule has 1 aromatic carbocycles. The molecule has 0 bridgehead atoms. The van der Waals surface area contributed by atoms with Crippen LogP contribution >= 0.6 is 11.3 Å². The second-order valence-electron chi connectivity index (χ2n) is 5.76. The summed E-state index contributed by atoms with van der Waals surface area (Å²) in [5.74, 6) is 0. The zero-order chi connectivity index (χ0) is 14.5. The van der Waals surface area contributed by atoms with Crippen LogP contribution in [0.5, 0.6) is 0 Å². The van der Waals surface area contributed by atoms with E-state index in [2.05, 4.69) is 57.8 Å². The third-order valence-electron chi connectivity index (χ3n) is 4.07. The van der Waals surface area contributed by atoms with Crippen LogP contribution in [0.4, 0.5) is 0 Å². The van der Waals surface area contributed by atoms with Gasteiger partial charge in [0.1, 0.15) is 0 Å². The van der Waals surface area contributed by atoms with E-state index in [0.717, 1.165) is 31.1 Å². The van der Waals surface area contributed by atoms with Crippen molar-refractivity contribution in [3.05, 3.63) is 52.0 Å². The Kier molecular flexibility index (Phi) is 5.01. The molecule has 112 valence electrons. The lowest BCUT2D eigenvalue weighted by Crippen LogP contribution is -2.32. The van der Waals surface area contributed by atoms with E-state index in [0.29, 0.717) is 6.04 Å². The third-order valence-corrected chi connectivity index (χ3v) is 4.89. The average molecular weight is 301 g/mol. The lowest BCUT2D eigenvalue weighted by molar-refractivity contribution is 0.331. The van der Waals surface area contributed by atoms with Crippen LogP contribution in [0.25, 0.3) is 0 Å². The first kappa shape index (κ1) is 14.7. The number of nitrogens with zero attached hydrogens (tertiary/aromatic N) is 2. The summed E-state index contributed by atoms with van der Waals surface area (Å²) in [6.45, 7) is 6.51. The number of hydrogen-bond donors (Lipinski definition) is 1. The van der Waals surface area contributed by atoms with E-state index in [1.165, 1.54) is 24.2 Å². The van der Waals surface area contributed by atoms with Gasteiger partial charge < -0.3 is 10.2 Å². The van der Waals surface area contributed by atoms with E-state index in [1.54, 1.807) is 11.3 Å². The van der Waals surface area contributed by atoms with Gasteiger partial charge in [-0.25, -0.2) is 4.98 Å². The molecule has 2 aromatic rings. The Morgan fingerprint density at radius 2 is 2.19 bits per heavy atom. The number of thiazole rings is 1. The Morgan fingerprint density at radius 3 is 2.95 bits per heavy atom. The van der Waals surface area contributed by atoms with Gasteiger partial charge in [-0.05, 0) is 31.9 Å². The molecular formula is C17H23N3S. The molecule has 1 aliphatic rings. The molecule has 0 spiro atoms. The maximum atomic E-state index is 4.51. The smallest absolute Gasteiger partial charge is 0.0897 e. The Bertz CT molecular complexity index is 552. The second-order valence-corrected chi connectivity index (χ2v) is 6.82. The fourth-order valence-corrected chi connectivity index (χ4v) is 3.49. The molecule has 2 heterocycles. The predicted octanol–water partition coefficient (Wildman–Crippen LogP) is 2.86. The number of aromatic nitrogens is 1. The molecule has 1 fully saturated rings. The minimum Gasteiger partial charge on any atom is -0.307 e. The van der Waals surface area contributed by atoms with Gasteiger partial charge in [0.25, 0.3) is 0 Å². The van der Waals surface area contributed by atoms with E-state index in [9.17, 15) is 0 Å². The van der Waals surface area contributed by atoms with Crippen molar-refractivity contribution in [2.24, 2.45) is 0 Å². The van der Waals surface area contributed by atoms with Crippen LogP contribution in [-0.4, -0.2) is 35.6 Å². The van der Waals surface area contributed by atoms with Crippen molar-refractivity contribution >= 4 is 11.3 Å². The van der Waals surface area contributed by atoms with Crippen LogP contribution in [0.2, 0.25) is 0 Å². The summed E-state index contributed by atoms with van der Waals surface area (Å²) in [5, 5.41) is 6.95. The Labute approximate surface area is 131 Å². The largest absolute Gasteiger partial charge is 0.307 e. The van der Waals surface area contributed by atoms with Crippen molar-refractivity contribution in [2.75, 3.05) is 19.6 Å². The monoisotopic (exact) mass is 301 g/mol. The van der Waals surface area contributed by atoms with E-state index in [1.807, 2.05) is 0 Å². The SMILES string of the molecule is Cc1nc(CNC2CCN(CCc3ccccc3)C2)cs1. The van der Waals surface area contributed by atoms with Crippen molar-refractivity contribution in [3.63, 3.8) is 0 Å². The highest BCUT2D eigenvalue weighted by Gasteiger charge is 2.21. The van der Waals surface area contributed by atoms with Gasteiger partial charge in [-0.15, -0.1) is 11.3 Å². The molecule has 0 aliphatic carbocycles. The molecule has 0 saturated carbocycles. The molecule has 1 unspecified atom stereocenters. The number of aryl methyl sites for hydroxylation is 1. The first-order valence-electron chi connectivity index (χ1n) is 7.70. The molecule has 3 rings (SSSR count). The van der Waals surface area contributed by atoms with Gasteiger partial charge in [-0.1, -0.05) is 30.3 Å². The van der Waals surface area contributed by atoms with Crippen molar-refractivity contribution in [2.45, 2.75) is 32.4 Å². The predicted molar refractivity (Wildman–Crippen MR) is 88.7 cm³/mol. The summed E-state index contributed by atoms with van der Waals surface area (Å²) in [7, 11) is 0. The highest BCUT2D eigenvalue weighted by molar-refractivity contribution is 7.09. The zero-order valence-corrected chi connectivity index (χ0v) is 13.4. The highest BCUT2D eigenvalue weighted by Crippen LogP contribution is 2.12. The van der Waals surface area contributed by atoms with Crippen molar-refractivity contribution in [3.8, 4) is 0 Å². The maximum Gasteiger partial charge on any atom is 0.0897 e. The van der Waals surface area contributed by atoms with E-state index in [-0.39, 0.29) is 0 Å². The summed E-state index contributed by atoms with van der Waals surface area (Å²) in [4.78, 5) is 7.08. The lowest BCUT2D eigenvalue weighted by atomic mass is 10.1. The topological polar surface area (TPSA) is 28.2 Å². The first-order valence-corrected chi connectivity index (χ1v) is 8.58. The van der Waals surface area contributed by atoms with Crippen LogP contribution in [0.3, 0.4) is 0 Å². The summed E-state index contributed by atoms with van der Waals surface area (Å²) in [5.41, 5.74) is 2.62. The minimum atomic E-state index is 0.614. The number of benzene rings is 1. The van der Waals surface area contributed by atoms with Gasteiger partial charge in [-0.3, -0.25) is 0 Å². The molecule has 1 saturated heterocycles. The number of nitrogens with one attached hydrogen (secondary N) is 1. The standard InChI is InChI=1S/C17H23N3S/c1-14-19-17(13-21-14)11-18-16-8-10-20(12-16)9-7-15-5-3-2-4-6-15/h2-6,13,16,18H,7-12H2,1H3. The number of rotatable bonds is 6. The Balaban J connectivity index is 1.39. The number of likely N-dealkylation sites (tertiary alicyclic amines) is 1. The minimum absolute atomic E-state index is 0.614. The van der Waals surface area contributed by atoms with Crippen molar-refractivity contribution in [1.82, 2.24) is 15.2 Å². The molecule has 1 N–H and O–H groups in total. The van der Waals surface area contributed by atoms with E-state index in [4.69, 9.17) is 0 Å². The van der Waals surface area contributed by atoms with Crippen molar-refractivity contribution in [1.29, 1.82) is 0 Å².